The molecule has 1 unspecified atom stereocenters. The molecule has 8 heteroatoms. The molecule has 0 aliphatic carbocycles. The number of anilines is 2. The van der Waals surface area contributed by atoms with Gasteiger partial charge in [0.05, 0.1) is 19.7 Å². The van der Waals surface area contributed by atoms with Gasteiger partial charge in [0.15, 0.2) is 11.5 Å². The van der Waals surface area contributed by atoms with Crippen LogP contribution in [0, 0.1) is 6.92 Å². The molecule has 8 nitrogen and oxygen atoms in total. The number of fused-ring (bicyclic) bond motifs is 1. The van der Waals surface area contributed by atoms with E-state index in [4.69, 9.17) is 9.47 Å². The Kier molecular flexibility index (Phi) is 4.62. The molecule has 1 aliphatic rings. The van der Waals surface area contributed by atoms with Gasteiger partial charge in [-0.15, -0.1) is 0 Å². The van der Waals surface area contributed by atoms with Gasteiger partial charge in [0.1, 0.15) is 24.3 Å². The first-order valence-electron chi connectivity index (χ1n) is 8.85. The molecule has 27 heavy (non-hydrogen) atoms. The van der Waals surface area contributed by atoms with Gasteiger partial charge >= 0.3 is 0 Å². The molecule has 4 rings (SSSR count). The topological polar surface area (TPSA) is 85.3 Å². The van der Waals surface area contributed by atoms with E-state index in [1.165, 1.54) is 0 Å². The molecule has 140 valence electrons. The molecule has 1 fully saturated rings. The van der Waals surface area contributed by atoms with Crippen molar-refractivity contribution < 1.29 is 9.47 Å². The smallest absolute Gasteiger partial charge is 0.162 e. The third-order valence-corrected chi connectivity index (χ3v) is 4.76. The van der Waals surface area contributed by atoms with E-state index in [0.717, 1.165) is 47.7 Å². The molecule has 1 aromatic carbocycles. The number of nitrogens with zero attached hydrogens (tertiary/aromatic N) is 5. The van der Waals surface area contributed by atoms with Gasteiger partial charge in [0, 0.05) is 42.3 Å². The van der Waals surface area contributed by atoms with E-state index >= 15 is 0 Å². The second kappa shape index (κ2) is 7.22. The number of methoxy groups -OCH3 is 2. The molecule has 1 aliphatic heterocycles. The summed E-state index contributed by atoms with van der Waals surface area (Å²) in [6.45, 7) is 3.70. The quantitative estimate of drug-likeness (QED) is 0.737. The molecule has 0 amide bonds. The van der Waals surface area contributed by atoms with E-state index in [-0.39, 0.29) is 0 Å². The number of nitrogens with one attached hydrogen (secondary N) is 1. The maximum atomic E-state index is 5.45. The SMILES string of the molecule is COc1cc2ncnc(N3CCC(Nc4cc(C)ncn4)C3)c2cc1OC. The van der Waals surface area contributed by atoms with Crippen molar-refractivity contribution in [2.24, 2.45) is 0 Å². The lowest BCUT2D eigenvalue weighted by Gasteiger charge is -2.20. The number of aromatic nitrogens is 4. The van der Waals surface area contributed by atoms with Crippen LogP contribution in [0.2, 0.25) is 0 Å². The molecule has 0 bridgehead atoms. The van der Waals surface area contributed by atoms with Gasteiger partial charge in [-0.3, -0.25) is 0 Å². The average molecular weight is 366 g/mol. The number of rotatable bonds is 5. The fourth-order valence-corrected chi connectivity index (χ4v) is 3.43. The van der Waals surface area contributed by atoms with E-state index in [1.807, 2.05) is 25.1 Å². The first-order chi connectivity index (χ1) is 13.2. The van der Waals surface area contributed by atoms with Gasteiger partial charge in [0.2, 0.25) is 0 Å². The summed E-state index contributed by atoms with van der Waals surface area (Å²) < 4.78 is 10.8. The van der Waals surface area contributed by atoms with E-state index < -0.39 is 0 Å². The molecule has 0 spiro atoms. The highest BCUT2D eigenvalue weighted by Gasteiger charge is 2.25. The second-order valence-corrected chi connectivity index (χ2v) is 6.54. The van der Waals surface area contributed by atoms with Crippen molar-refractivity contribution in [2.75, 3.05) is 37.5 Å². The zero-order chi connectivity index (χ0) is 18.8. The lowest BCUT2D eigenvalue weighted by atomic mass is 10.2. The average Bonchev–Trinajstić information content (AvgIpc) is 3.14. The largest absolute Gasteiger partial charge is 0.493 e. The first kappa shape index (κ1) is 17.3. The van der Waals surface area contributed by atoms with Gasteiger partial charge in [0.25, 0.3) is 0 Å². The highest BCUT2D eigenvalue weighted by Crippen LogP contribution is 2.35. The molecule has 1 atom stereocenters. The normalized spacial score (nSPS) is 16.6. The Labute approximate surface area is 157 Å². The maximum absolute atomic E-state index is 5.45. The lowest BCUT2D eigenvalue weighted by Crippen LogP contribution is -2.27. The highest BCUT2D eigenvalue weighted by molar-refractivity contribution is 5.92. The van der Waals surface area contributed by atoms with Crippen molar-refractivity contribution in [1.82, 2.24) is 19.9 Å². The van der Waals surface area contributed by atoms with Gasteiger partial charge in [-0.2, -0.15) is 0 Å². The van der Waals surface area contributed by atoms with Crippen LogP contribution in [0.5, 0.6) is 11.5 Å². The van der Waals surface area contributed by atoms with Crippen LogP contribution in [0.15, 0.2) is 30.9 Å². The number of aryl methyl sites for hydroxylation is 1. The van der Waals surface area contributed by atoms with E-state index in [0.29, 0.717) is 17.5 Å². The van der Waals surface area contributed by atoms with Gasteiger partial charge in [-0.1, -0.05) is 0 Å². The van der Waals surface area contributed by atoms with E-state index in [1.54, 1.807) is 26.9 Å². The Morgan fingerprint density at radius 1 is 1.00 bits per heavy atom. The number of hydrogen-bond acceptors (Lipinski definition) is 8. The Morgan fingerprint density at radius 2 is 1.78 bits per heavy atom. The van der Waals surface area contributed by atoms with Crippen molar-refractivity contribution in [3.63, 3.8) is 0 Å². The Hall–Kier alpha value is -3.16. The fourth-order valence-electron chi connectivity index (χ4n) is 3.43. The lowest BCUT2D eigenvalue weighted by molar-refractivity contribution is 0.356. The minimum Gasteiger partial charge on any atom is -0.493 e. The summed E-state index contributed by atoms with van der Waals surface area (Å²) in [7, 11) is 3.25. The van der Waals surface area contributed by atoms with Crippen LogP contribution < -0.4 is 19.7 Å². The molecule has 3 heterocycles. The van der Waals surface area contributed by atoms with Crippen molar-refractivity contribution in [3.05, 3.63) is 36.5 Å². The second-order valence-electron chi connectivity index (χ2n) is 6.54. The van der Waals surface area contributed by atoms with Crippen LogP contribution in [-0.2, 0) is 0 Å². The predicted octanol–water partition coefficient (Wildman–Crippen LogP) is 2.44. The highest BCUT2D eigenvalue weighted by atomic mass is 16.5. The van der Waals surface area contributed by atoms with Gasteiger partial charge < -0.3 is 19.7 Å². The van der Waals surface area contributed by atoms with Gasteiger partial charge in [-0.25, -0.2) is 19.9 Å². The summed E-state index contributed by atoms with van der Waals surface area (Å²) in [6, 6.07) is 6.08. The zero-order valence-corrected chi connectivity index (χ0v) is 15.6. The molecule has 0 saturated carbocycles. The number of ether oxygens (including phenoxy) is 2. The molecular weight excluding hydrogens is 344 g/mol. The third-order valence-electron chi connectivity index (χ3n) is 4.76. The van der Waals surface area contributed by atoms with Crippen LogP contribution in [-0.4, -0.2) is 53.3 Å². The minimum atomic E-state index is 0.296. The summed E-state index contributed by atoms with van der Waals surface area (Å²) in [5.41, 5.74) is 1.78. The molecular formula is C19H22N6O2. The Balaban J connectivity index is 1.59. The van der Waals surface area contributed by atoms with Crippen LogP contribution in [0.3, 0.4) is 0 Å². The number of hydrogen-bond donors (Lipinski definition) is 1. The summed E-state index contributed by atoms with van der Waals surface area (Å²) in [5.74, 6) is 3.10. The van der Waals surface area contributed by atoms with E-state index in [9.17, 15) is 0 Å². The number of benzene rings is 1. The fraction of sp³-hybridized carbons (Fsp3) is 0.368. The molecule has 1 N–H and O–H groups in total. The molecule has 1 saturated heterocycles. The van der Waals surface area contributed by atoms with E-state index in [2.05, 4.69) is 30.2 Å². The van der Waals surface area contributed by atoms with Crippen molar-refractivity contribution in [2.45, 2.75) is 19.4 Å². The zero-order valence-electron chi connectivity index (χ0n) is 15.6. The van der Waals surface area contributed by atoms with Crippen LogP contribution in [0.4, 0.5) is 11.6 Å². The Morgan fingerprint density at radius 3 is 2.56 bits per heavy atom. The predicted molar refractivity (Wildman–Crippen MR) is 104 cm³/mol. The van der Waals surface area contributed by atoms with Crippen LogP contribution in [0.25, 0.3) is 10.9 Å². The monoisotopic (exact) mass is 366 g/mol. The summed E-state index contributed by atoms with van der Waals surface area (Å²) in [5, 5.41) is 4.44. The van der Waals surface area contributed by atoms with Crippen LogP contribution in [0.1, 0.15) is 12.1 Å². The minimum absolute atomic E-state index is 0.296. The van der Waals surface area contributed by atoms with Crippen molar-refractivity contribution >= 4 is 22.5 Å². The standard InChI is InChI=1S/C19H22N6O2/c1-12-6-18(22-10-20-12)24-13-4-5-25(9-13)19-14-7-16(26-2)17(27-3)8-15(14)21-11-23-19/h6-8,10-11,13H,4-5,9H2,1-3H3,(H,20,22,24). The molecule has 3 aromatic rings. The van der Waals surface area contributed by atoms with Gasteiger partial charge in [-0.05, 0) is 19.4 Å². The van der Waals surface area contributed by atoms with Crippen molar-refractivity contribution in [1.29, 1.82) is 0 Å². The van der Waals surface area contributed by atoms with Crippen molar-refractivity contribution in [3.8, 4) is 11.5 Å². The first-order valence-corrected chi connectivity index (χ1v) is 8.85. The summed E-state index contributed by atoms with van der Waals surface area (Å²) in [4.78, 5) is 19.6. The third kappa shape index (κ3) is 3.42. The maximum Gasteiger partial charge on any atom is 0.162 e. The van der Waals surface area contributed by atoms with Crippen LogP contribution >= 0.6 is 0 Å². The molecule has 2 aromatic heterocycles. The summed E-state index contributed by atoms with van der Waals surface area (Å²) >= 11 is 0. The summed E-state index contributed by atoms with van der Waals surface area (Å²) in [6.07, 6.45) is 4.18. The Bertz CT molecular complexity index is 964. The molecule has 0 radical (unpaired) electrons.